The van der Waals surface area contributed by atoms with E-state index in [-0.39, 0.29) is 5.82 Å². The van der Waals surface area contributed by atoms with Gasteiger partial charge in [-0.1, -0.05) is 0 Å². The van der Waals surface area contributed by atoms with Crippen LogP contribution in [0.5, 0.6) is 0 Å². The van der Waals surface area contributed by atoms with Crippen molar-refractivity contribution in [1.29, 1.82) is 0 Å². The van der Waals surface area contributed by atoms with Gasteiger partial charge in [0.05, 0.1) is 0 Å². The van der Waals surface area contributed by atoms with E-state index in [1.54, 1.807) is 12.1 Å². The van der Waals surface area contributed by atoms with E-state index in [0.717, 1.165) is 13.0 Å². The molecule has 4 heteroatoms. The Morgan fingerprint density at radius 2 is 1.55 bits per heavy atom. The second kappa shape index (κ2) is 5.97. The van der Waals surface area contributed by atoms with Crippen LogP contribution in [0.3, 0.4) is 0 Å². The van der Waals surface area contributed by atoms with Gasteiger partial charge in [0.25, 0.3) is 0 Å². The van der Waals surface area contributed by atoms with Crippen LogP contribution < -0.4 is 0 Å². The number of aromatic nitrogens is 1. The first-order valence-electron chi connectivity index (χ1n) is 6.10. The predicted molar refractivity (Wildman–Crippen MR) is 89.4 cm³/mol. The van der Waals surface area contributed by atoms with Gasteiger partial charge in [0.2, 0.25) is 0 Å². The molecule has 0 fully saturated rings. The first-order valence-corrected chi connectivity index (χ1v) is 11.0. The molecule has 0 atom stereocenters. The zero-order chi connectivity index (χ0) is 13.9. The molecule has 1 nitrogen and oxygen atoms in total. The van der Waals surface area contributed by atoms with E-state index in [0.29, 0.717) is 0 Å². The van der Waals surface area contributed by atoms with Crippen LogP contribution in [0.15, 0.2) is 72.9 Å². The fourth-order valence-electron chi connectivity index (χ4n) is 1.95. The van der Waals surface area contributed by atoms with Crippen molar-refractivity contribution in [2.45, 2.75) is 0 Å². The van der Waals surface area contributed by atoms with Gasteiger partial charge in [0, 0.05) is 0 Å². The van der Waals surface area contributed by atoms with E-state index in [2.05, 4.69) is 16.7 Å². The maximum atomic E-state index is 13.0. The summed E-state index contributed by atoms with van der Waals surface area (Å²) in [7, 11) is 6.69. The zero-order valence-corrected chi connectivity index (χ0v) is 13.4. The quantitative estimate of drug-likeness (QED) is 0.526. The summed E-state index contributed by atoms with van der Waals surface area (Å²) < 4.78 is 17.3. The monoisotopic (exact) mass is 399 g/mol. The van der Waals surface area contributed by atoms with Crippen LogP contribution >= 0.6 is 27.6 Å². The standard InChI is InChI=1S/C16H12ClFIN/c17-19(14-10-8-13(18)9-11-14)16-7-4-12-20(16)15-5-2-1-3-6-15/h1-12H. The van der Waals surface area contributed by atoms with E-state index < -0.39 is 18.7 Å². The minimum absolute atomic E-state index is 0.229. The van der Waals surface area contributed by atoms with Gasteiger partial charge in [-0.2, -0.15) is 0 Å². The summed E-state index contributed by atoms with van der Waals surface area (Å²) in [5.74, 6) is -0.229. The van der Waals surface area contributed by atoms with Crippen LogP contribution in [0.4, 0.5) is 4.39 Å². The molecule has 3 rings (SSSR count). The Balaban J connectivity index is 1.99. The third-order valence-electron chi connectivity index (χ3n) is 2.90. The Morgan fingerprint density at radius 1 is 0.850 bits per heavy atom. The van der Waals surface area contributed by atoms with Crippen molar-refractivity contribution >= 4 is 27.6 Å². The molecule has 102 valence electrons. The molecule has 0 N–H and O–H groups in total. The molecule has 0 saturated carbocycles. The van der Waals surface area contributed by atoms with E-state index in [1.165, 1.54) is 12.1 Å². The van der Waals surface area contributed by atoms with Gasteiger partial charge in [-0.25, -0.2) is 0 Å². The van der Waals surface area contributed by atoms with Crippen molar-refractivity contribution in [2.24, 2.45) is 0 Å². The Kier molecular flexibility index (Phi) is 4.08. The number of halogens is 3. The molecule has 0 aliphatic carbocycles. The molecule has 0 unspecified atom stereocenters. The second-order valence-corrected chi connectivity index (χ2v) is 9.83. The summed E-state index contributed by atoms with van der Waals surface area (Å²) in [4.78, 5) is 0. The van der Waals surface area contributed by atoms with Crippen molar-refractivity contribution in [2.75, 3.05) is 0 Å². The SMILES string of the molecule is Fc1ccc(I(Cl)c2cccn2-c2ccccc2)cc1. The average Bonchev–Trinajstić information content (AvgIpc) is 2.97. The topological polar surface area (TPSA) is 4.93 Å². The molecule has 0 aliphatic heterocycles. The van der Waals surface area contributed by atoms with Crippen LogP contribution in [0, 0.1) is 13.1 Å². The van der Waals surface area contributed by atoms with E-state index in [1.807, 2.05) is 36.5 Å². The Bertz CT molecular complexity index is 694. The number of nitrogens with zero attached hydrogens (tertiary/aromatic N) is 1. The fourth-order valence-corrected chi connectivity index (χ4v) is 6.41. The van der Waals surface area contributed by atoms with Crippen LogP contribution in [0.2, 0.25) is 0 Å². The Morgan fingerprint density at radius 3 is 2.25 bits per heavy atom. The normalized spacial score (nSPS) is 11.4. The molecule has 0 amide bonds. The number of hydrogen-bond donors (Lipinski definition) is 0. The molecular weight excluding hydrogens is 388 g/mol. The molecule has 0 saturated heterocycles. The number of benzene rings is 2. The molecule has 1 aromatic heterocycles. The number of hydrogen-bond acceptors (Lipinski definition) is 0. The summed E-state index contributed by atoms with van der Waals surface area (Å²) >= 11 is -2.03. The molecule has 20 heavy (non-hydrogen) atoms. The van der Waals surface area contributed by atoms with E-state index >= 15 is 0 Å². The minimum atomic E-state index is -2.03. The maximum absolute atomic E-state index is 13.0. The molecule has 0 bridgehead atoms. The Labute approximate surface area is 128 Å². The van der Waals surface area contributed by atoms with Crippen molar-refractivity contribution in [3.8, 4) is 5.69 Å². The summed E-state index contributed by atoms with van der Waals surface area (Å²) in [6.45, 7) is 0. The molecule has 2 aromatic carbocycles. The third-order valence-corrected chi connectivity index (χ3v) is 8.65. The van der Waals surface area contributed by atoms with Gasteiger partial charge >= 0.3 is 128 Å². The van der Waals surface area contributed by atoms with Gasteiger partial charge < -0.3 is 0 Å². The van der Waals surface area contributed by atoms with Gasteiger partial charge in [0.1, 0.15) is 0 Å². The first-order chi connectivity index (χ1) is 9.75. The molecular formula is C16H12ClFIN. The number of rotatable bonds is 3. The van der Waals surface area contributed by atoms with Crippen molar-refractivity contribution in [3.63, 3.8) is 0 Å². The molecule has 0 spiro atoms. The zero-order valence-electron chi connectivity index (χ0n) is 10.5. The van der Waals surface area contributed by atoms with Gasteiger partial charge in [0.15, 0.2) is 0 Å². The second-order valence-electron chi connectivity index (χ2n) is 4.21. The van der Waals surface area contributed by atoms with Crippen molar-refractivity contribution in [1.82, 2.24) is 4.57 Å². The molecule has 0 aliphatic rings. The van der Waals surface area contributed by atoms with Crippen molar-refractivity contribution in [3.05, 3.63) is 86.0 Å². The summed E-state index contributed by atoms with van der Waals surface area (Å²) in [6.07, 6.45) is 2.01. The average molecular weight is 400 g/mol. The van der Waals surface area contributed by atoms with E-state index in [4.69, 9.17) is 8.91 Å². The van der Waals surface area contributed by atoms with Crippen LogP contribution in [-0.4, -0.2) is 4.57 Å². The summed E-state index contributed by atoms with van der Waals surface area (Å²) in [5, 5.41) is 0. The number of para-hydroxylation sites is 1. The van der Waals surface area contributed by atoms with E-state index in [9.17, 15) is 4.39 Å². The molecule has 3 aromatic rings. The summed E-state index contributed by atoms with van der Waals surface area (Å²) in [6, 6.07) is 20.7. The predicted octanol–water partition coefficient (Wildman–Crippen LogP) is 5.32. The molecule has 0 radical (unpaired) electrons. The van der Waals surface area contributed by atoms with Gasteiger partial charge in [-0.3, -0.25) is 0 Å². The molecule has 1 heterocycles. The van der Waals surface area contributed by atoms with Crippen LogP contribution in [0.25, 0.3) is 5.69 Å². The first kappa shape index (κ1) is 13.6. The fraction of sp³-hybridized carbons (Fsp3) is 0. The van der Waals surface area contributed by atoms with Gasteiger partial charge in [-0.05, 0) is 0 Å². The van der Waals surface area contributed by atoms with Gasteiger partial charge in [-0.15, -0.1) is 0 Å². The Hall–Kier alpha value is -1.33. The van der Waals surface area contributed by atoms with Crippen LogP contribution in [0.1, 0.15) is 0 Å². The third kappa shape index (κ3) is 2.74. The van der Waals surface area contributed by atoms with Crippen molar-refractivity contribution < 1.29 is 4.39 Å². The van der Waals surface area contributed by atoms with Crippen LogP contribution in [-0.2, 0) is 0 Å². The summed E-state index contributed by atoms with van der Waals surface area (Å²) in [5.41, 5.74) is 1.09.